The van der Waals surface area contributed by atoms with Gasteiger partial charge in [0, 0.05) is 16.6 Å². The van der Waals surface area contributed by atoms with Crippen molar-refractivity contribution in [2.45, 2.75) is 45.7 Å². The Kier molecular flexibility index (Phi) is 6.29. The first kappa shape index (κ1) is 19.6. The molecule has 0 saturated carbocycles. The molecule has 5 nitrogen and oxygen atoms in total. The Labute approximate surface area is 164 Å². The largest absolute Gasteiger partial charge is 0.346 e. The summed E-state index contributed by atoms with van der Waals surface area (Å²) < 4.78 is 0. The lowest BCUT2D eigenvalue weighted by Crippen LogP contribution is -2.46. The molecule has 1 aliphatic heterocycles. The number of likely N-dealkylation sites (tertiary alicyclic amines) is 1. The minimum Gasteiger partial charge on any atom is -0.346 e. The van der Waals surface area contributed by atoms with E-state index >= 15 is 0 Å². The number of carbonyl (C=O) groups excluding carboxylic acids is 2. The number of carbonyl (C=O) groups is 2. The van der Waals surface area contributed by atoms with Crippen molar-refractivity contribution in [3.63, 3.8) is 0 Å². The van der Waals surface area contributed by atoms with E-state index in [1.807, 2.05) is 39.0 Å². The van der Waals surface area contributed by atoms with E-state index in [4.69, 9.17) is 0 Å². The zero-order valence-corrected chi connectivity index (χ0v) is 16.9. The van der Waals surface area contributed by atoms with E-state index in [1.54, 1.807) is 11.3 Å². The summed E-state index contributed by atoms with van der Waals surface area (Å²) in [4.78, 5) is 28.4. The van der Waals surface area contributed by atoms with E-state index in [0.29, 0.717) is 6.04 Å². The van der Waals surface area contributed by atoms with Crippen LogP contribution in [0.3, 0.4) is 0 Å². The number of aryl methyl sites for hydroxylation is 2. The summed E-state index contributed by atoms with van der Waals surface area (Å²) >= 11 is 1.74. The Morgan fingerprint density at radius 1 is 1.22 bits per heavy atom. The Morgan fingerprint density at radius 3 is 2.63 bits per heavy atom. The van der Waals surface area contributed by atoms with Gasteiger partial charge in [-0.1, -0.05) is 24.3 Å². The standard InChI is InChI=1S/C21H27N3O2S/c1-14-7-4-8-15(2)20(14)23-19(25)13-22-21(26)16(3)24-11-5-9-17(24)18-10-6-12-27-18/h4,6-8,10,12,16-17H,5,9,11,13H2,1-3H3,(H,22,26)(H,23,25)/t16-,17+/m0/s1. The molecule has 1 aliphatic rings. The monoisotopic (exact) mass is 385 g/mol. The summed E-state index contributed by atoms with van der Waals surface area (Å²) in [5, 5.41) is 7.78. The third-order valence-corrected chi connectivity index (χ3v) is 6.18. The van der Waals surface area contributed by atoms with Gasteiger partial charge in [-0.3, -0.25) is 14.5 Å². The highest BCUT2D eigenvalue weighted by molar-refractivity contribution is 7.10. The van der Waals surface area contributed by atoms with Crippen molar-refractivity contribution in [3.05, 3.63) is 51.7 Å². The number of thiophene rings is 1. The van der Waals surface area contributed by atoms with Crippen molar-refractivity contribution >= 4 is 28.8 Å². The molecule has 0 radical (unpaired) electrons. The zero-order valence-electron chi connectivity index (χ0n) is 16.1. The second-order valence-electron chi connectivity index (χ2n) is 7.12. The van der Waals surface area contributed by atoms with Gasteiger partial charge in [-0.25, -0.2) is 0 Å². The van der Waals surface area contributed by atoms with Crippen LogP contribution in [-0.2, 0) is 9.59 Å². The van der Waals surface area contributed by atoms with Crippen LogP contribution in [-0.4, -0.2) is 35.8 Å². The molecule has 3 rings (SSSR count). The minimum absolute atomic E-state index is 0.0194. The lowest BCUT2D eigenvalue weighted by Gasteiger charge is -2.29. The smallest absolute Gasteiger partial charge is 0.243 e. The minimum atomic E-state index is -0.257. The fourth-order valence-corrected chi connectivity index (χ4v) is 4.58. The highest BCUT2D eigenvalue weighted by Gasteiger charge is 2.33. The van der Waals surface area contributed by atoms with Crippen LogP contribution in [0.2, 0.25) is 0 Å². The molecule has 1 aromatic carbocycles. The Hall–Kier alpha value is -2.18. The third-order valence-electron chi connectivity index (χ3n) is 5.21. The Balaban J connectivity index is 1.55. The summed E-state index contributed by atoms with van der Waals surface area (Å²) in [5.41, 5.74) is 2.85. The van der Waals surface area contributed by atoms with E-state index in [0.717, 1.165) is 36.2 Å². The molecule has 1 saturated heterocycles. The molecule has 0 bridgehead atoms. The molecule has 0 unspecified atom stereocenters. The number of rotatable bonds is 6. The lowest BCUT2D eigenvalue weighted by molar-refractivity contribution is -0.128. The average molecular weight is 386 g/mol. The Bertz CT molecular complexity index is 784. The average Bonchev–Trinajstić information content (AvgIpc) is 3.33. The summed E-state index contributed by atoms with van der Waals surface area (Å²) in [7, 11) is 0. The summed E-state index contributed by atoms with van der Waals surface area (Å²) in [6, 6.07) is 10.1. The van der Waals surface area contributed by atoms with Gasteiger partial charge in [0.15, 0.2) is 0 Å². The molecule has 27 heavy (non-hydrogen) atoms. The van der Waals surface area contributed by atoms with Crippen LogP contribution in [0.1, 0.15) is 41.8 Å². The number of nitrogens with one attached hydrogen (secondary N) is 2. The molecule has 2 heterocycles. The normalized spacial score (nSPS) is 18.3. The predicted octanol–water partition coefficient (Wildman–Crippen LogP) is 3.65. The van der Waals surface area contributed by atoms with Gasteiger partial charge in [-0.05, 0) is 62.7 Å². The predicted molar refractivity (Wildman–Crippen MR) is 110 cm³/mol. The number of benzene rings is 1. The molecule has 0 spiro atoms. The van der Waals surface area contributed by atoms with Crippen molar-refractivity contribution < 1.29 is 9.59 Å². The Morgan fingerprint density at radius 2 is 1.96 bits per heavy atom. The number of hydrogen-bond donors (Lipinski definition) is 2. The van der Waals surface area contributed by atoms with Crippen LogP contribution in [0.15, 0.2) is 35.7 Å². The van der Waals surface area contributed by atoms with Crippen molar-refractivity contribution in [1.82, 2.24) is 10.2 Å². The highest BCUT2D eigenvalue weighted by Crippen LogP contribution is 2.35. The second kappa shape index (κ2) is 8.67. The summed E-state index contributed by atoms with van der Waals surface area (Å²) in [5.74, 6) is -0.306. The number of nitrogens with zero attached hydrogens (tertiary/aromatic N) is 1. The fourth-order valence-electron chi connectivity index (χ4n) is 3.70. The first-order valence-corrected chi connectivity index (χ1v) is 10.3. The van der Waals surface area contributed by atoms with Gasteiger partial charge in [-0.2, -0.15) is 0 Å². The molecule has 2 aromatic rings. The zero-order chi connectivity index (χ0) is 19.4. The second-order valence-corrected chi connectivity index (χ2v) is 8.10. The first-order valence-electron chi connectivity index (χ1n) is 9.40. The third kappa shape index (κ3) is 4.57. The molecule has 2 amide bonds. The van der Waals surface area contributed by atoms with Gasteiger partial charge in [0.1, 0.15) is 0 Å². The maximum Gasteiger partial charge on any atom is 0.243 e. The van der Waals surface area contributed by atoms with Crippen LogP contribution >= 0.6 is 11.3 Å². The van der Waals surface area contributed by atoms with Gasteiger partial charge in [0.05, 0.1) is 12.6 Å². The molecule has 0 aliphatic carbocycles. The SMILES string of the molecule is Cc1cccc(C)c1NC(=O)CNC(=O)[C@H](C)N1CCC[C@@H]1c1cccs1. The lowest BCUT2D eigenvalue weighted by atomic mass is 10.1. The summed E-state index contributed by atoms with van der Waals surface area (Å²) in [6.07, 6.45) is 2.17. The molecule has 6 heteroatoms. The maximum atomic E-state index is 12.6. The molecular formula is C21H27N3O2S. The van der Waals surface area contributed by atoms with E-state index in [2.05, 4.69) is 33.0 Å². The highest BCUT2D eigenvalue weighted by atomic mass is 32.1. The van der Waals surface area contributed by atoms with E-state index < -0.39 is 0 Å². The molecule has 144 valence electrons. The van der Waals surface area contributed by atoms with Gasteiger partial charge < -0.3 is 10.6 Å². The van der Waals surface area contributed by atoms with E-state index in [9.17, 15) is 9.59 Å². The quantitative estimate of drug-likeness (QED) is 0.798. The molecular weight excluding hydrogens is 358 g/mol. The molecule has 2 atom stereocenters. The van der Waals surface area contributed by atoms with Crippen LogP contribution in [0.4, 0.5) is 5.69 Å². The van der Waals surface area contributed by atoms with Crippen molar-refractivity contribution in [2.75, 3.05) is 18.4 Å². The molecule has 2 N–H and O–H groups in total. The molecule has 1 aromatic heterocycles. The van der Waals surface area contributed by atoms with Crippen molar-refractivity contribution in [1.29, 1.82) is 0 Å². The fraction of sp³-hybridized carbons (Fsp3) is 0.429. The van der Waals surface area contributed by atoms with Crippen LogP contribution in [0, 0.1) is 13.8 Å². The van der Waals surface area contributed by atoms with Crippen LogP contribution in [0.5, 0.6) is 0 Å². The van der Waals surface area contributed by atoms with Crippen molar-refractivity contribution in [3.8, 4) is 0 Å². The van der Waals surface area contributed by atoms with Gasteiger partial charge in [0.2, 0.25) is 11.8 Å². The van der Waals surface area contributed by atoms with E-state index in [-0.39, 0.29) is 24.4 Å². The number of para-hydroxylation sites is 1. The van der Waals surface area contributed by atoms with Gasteiger partial charge in [-0.15, -0.1) is 11.3 Å². The topological polar surface area (TPSA) is 61.4 Å². The van der Waals surface area contributed by atoms with Crippen LogP contribution in [0.25, 0.3) is 0 Å². The molecule has 1 fully saturated rings. The van der Waals surface area contributed by atoms with E-state index in [1.165, 1.54) is 4.88 Å². The summed E-state index contributed by atoms with van der Waals surface area (Å²) in [6.45, 7) is 6.73. The van der Waals surface area contributed by atoms with Crippen molar-refractivity contribution in [2.24, 2.45) is 0 Å². The number of anilines is 1. The number of hydrogen-bond acceptors (Lipinski definition) is 4. The van der Waals surface area contributed by atoms with Gasteiger partial charge in [0.25, 0.3) is 0 Å². The maximum absolute atomic E-state index is 12.6. The number of amides is 2. The van der Waals surface area contributed by atoms with Gasteiger partial charge >= 0.3 is 0 Å². The first-order chi connectivity index (χ1) is 13.0. The van der Waals surface area contributed by atoms with Crippen LogP contribution < -0.4 is 10.6 Å².